The molecule has 0 bridgehead atoms. The standard InChI is InChI=1S/C15H16N2O3/c1-4-20-15(18)13-9-16-14(17-10(13)2)11-5-7-12(19-3)8-6-11/h5-9H,4H2,1-3H3. The lowest BCUT2D eigenvalue weighted by atomic mass is 10.2. The van der Waals surface area contributed by atoms with Crippen LogP contribution in [-0.4, -0.2) is 29.7 Å². The summed E-state index contributed by atoms with van der Waals surface area (Å²) in [6.07, 6.45) is 1.50. The largest absolute Gasteiger partial charge is 0.497 e. The second kappa shape index (κ2) is 6.14. The van der Waals surface area contributed by atoms with Gasteiger partial charge >= 0.3 is 5.97 Å². The van der Waals surface area contributed by atoms with E-state index in [4.69, 9.17) is 9.47 Å². The zero-order valence-corrected chi connectivity index (χ0v) is 11.7. The highest BCUT2D eigenvalue weighted by Crippen LogP contribution is 2.20. The molecule has 0 atom stereocenters. The normalized spacial score (nSPS) is 10.2. The number of carbonyl (C=O) groups is 1. The maximum atomic E-state index is 11.7. The third-order valence-electron chi connectivity index (χ3n) is 2.82. The predicted molar refractivity (Wildman–Crippen MR) is 74.7 cm³/mol. The molecule has 0 aliphatic carbocycles. The van der Waals surface area contributed by atoms with E-state index in [1.54, 1.807) is 21.0 Å². The van der Waals surface area contributed by atoms with E-state index in [1.807, 2.05) is 24.3 Å². The highest BCUT2D eigenvalue weighted by molar-refractivity contribution is 5.90. The first kappa shape index (κ1) is 14.0. The number of aromatic nitrogens is 2. The first-order valence-electron chi connectivity index (χ1n) is 6.31. The number of carbonyl (C=O) groups excluding carboxylic acids is 1. The Morgan fingerprint density at radius 1 is 1.25 bits per heavy atom. The van der Waals surface area contributed by atoms with Gasteiger partial charge < -0.3 is 9.47 Å². The van der Waals surface area contributed by atoms with Crippen LogP contribution in [0.5, 0.6) is 5.75 Å². The van der Waals surface area contributed by atoms with Gasteiger partial charge in [-0.15, -0.1) is 0 Å². The van der Waals surface area contributed by atoms with Crippen LogP contribution in [0.25, 0.3) is 11.4 Å². The molecular formula is C15H16N2O3. The van der Waals surface area contributed by atoms with Gasteiger partial charge in [0, 0.05) is 11.8 Å². The molecule has 2 aromatic rings. The van der Waals surface area contributed by atoms with Gasteiger partial charge in [-0.05, 0) is 38.1 Å². The fourth-order valence-electron chi connectivity index (χ4n) is 1.76. The zero-order valence-electron chi connectivity index (χ0n) is 11.7. The number of hydrogen-bond acceptors (Lipinski definition) is 5. The molecule has 1 aromatic heterocycles. The van der Waals surface area contributed by atoms with Crippen molar-refractivity contribution < 1.29 is 14.3 Å². The summed E-state index contributed by atoms with van der Waals surface area (Å²) in [5, 5.41) is 0. The van der Waals surface area contributed by atoms with Gasteiger partial charge in [0.1, 0.15) is 5.75 Å². The summed E-state index contributed by atoms with van der Waals surface area (Å²) in [4.78, 5) is 20.2. The number of ether oxygens (including phenoxy) is 2. The Hall–Kier alpha value is -2.43. The molecule has 0 amide bonds. The molecule has 104 valence electrons. The Kier molecular flexibility index (Phi) is 4.30. The van der Waals surface area contributed by atoms with E-state index in [1.165, 1.54) is 6.20 Å². The van der Waals surface area contributed by atoms with E-state index in [9.17, 15) is 4.79 Å². The molecule has 0 radical (unpaired) electrons. The van der Waals surface area contributed by atoms with Crippen LogP contribution in [0.4, 0.5) is 0 Å². The van der Waals surface area contributed by atoms with Crippen LogP contribution in [0.15, 0.2) is 30.5 Å². The van der Waals surface area contributed by atoms with Crippen molar-refractivity contribution >= 4 is 5.97 Å². The Morgan fingerprint density at radius 3 is 2.50 bits per heavy atom. The molecule has 5 nitrogen and oxygen atoms in total. The van der Waals surface area contributed by atoms with Gasteiger partial charge in [-0.1, -0.05) is 0 Å². The average Bonchev–Trinajstić information content (AvgIpc) is 2.47. The number of benzene rings is 1. The first-order valence-corrected chi connectivity index (χ1v) is 6.31. The number of aryl methyl sites for hydroxylation is 1. The second-order valence-electron chi connectivity index (χ2n) is 4.14. The van der Waals surface area contributed by atoms with Crippen molar-refractivity contribution in [1.29, 1.82) is 0 Å². The Labute approximate surface area is 117 Å². The van der Waals surface area contributed by atoms with Crippen molar-refractivity contribution in [3.8, 4) is 17.1 Å². The highest BCUT2D eigenvalue weighted by Gasteiger charge is 2.13. The lowest BCUT2D eigenvalue weighted by Crippen LogP contribution is -2.09. The van der Waals surface area contributed by atoms with Gasteiger partial charge in [-0.2, -0.15) is 0 Å². The van der Waals surface area contributed by atoms with Crippen LogP contribution in [0, 0.1) is 6.92 Å². The smallest absolute Gasteiger partial charge is 0.341 e. The van der Waals surface area contributed by atoms with Crippen molar-refractivity contribution in [3.05, 3.63) is 41.7 Å². The average molecular weight is 272 g/mol. The molecule has 0 unspecified atom stereocenters. The molecule has 5 heteroatoms. The molecule has 2 rings (SSSR count). The number of rotatable bonds is 4. The number of nitrogens with zero attached hydrogens (tertiary/aromatic N) is 2. The van der Waals surface area contributed by atoms with Gasteiger partial charge in [0.05, 0.1) is 25.0 Å². The minimum absolute atomic E-state index is 0.332. The van der Waals surface area contributed by atoms with Crippen molar-refractivity contribution in [1.82, 2.24) is 9.97 Å². The number of hydrogen-bond donors (Lipinski definition) is 0. The van der Waals surface area contributed by atoms with Crippen LogP contribution >= 0.6 is 0 Å². The van der Waals surface area contributed by atoms with Crippen molar-refractivity contribution in [2.45, 2.75) is 13.8 Å². The van der Waals surface area contributed by atoms with Gasteiger partial charge in [-0.25, -0.2) is 14.8 Å². The van der Waals surface area contributed by atoms with Crippen molar-refractivity contribution in [3.63, 3.8) is 0 Å². The minimum Gasteiger partial charge on any atom is -0.497 e. The molecule has 1 heterocycles. The first-order chi connectivity index (χ1) is 9.65. The second-order valence-corrected chi connectivity index (χ2v) is 4.14. The molecule has 0 aliphatic heterocycles. The fourth-order valence-corrected chi connectivity index (χ4v) is 1.76. The fraction of sp³-hybridized carbons (Fsp3) is 0.267. The number of methoxy groups -OCH3 is 1. The van der Waals surface area contributed by atoms with Gasteiger partial charge in [-0.3, -0.25) is 0 Å². The summed E-state index contributed by atoms with van der Waals surface area (Å²) < 4.78 is 10.1. The molecule has 0 spiro atoms. The Balaban J connectivity index is 2.30. The van der Waals surface area contributed by atoms with E-state index in [2.05, 4.69) is 9.97 Å². The summed E-state index contributed by atoms with van der Waals surface area (Å²) in [7, 11) is 1.61. The van der Waals surface area contributed by atoms with E-state index >= 15 is 0 Å². The molecule has 0 aliphatic rings. The SMILES string of the molecule is CCOC(=O)c1cnc(-c2ccc(OC)cc2)nc1C. The summed E-state index contributed by atoms with van der Waals surface area (Å²) in [6, 6.07) is 7.43. The predicted octanol–water partition coefficient (Wildman–Crippen LogP) is 2.64. The Morgan fingerprint density at radius 2 is 1.95 bits per heavy atom. The number of esters is 1. The van der Waals surface area contributed by atoms with E-state index in [0.29, 0.717) is 23.7 Å². The van der Waals surface area contributed by atoms with Crippen LogP contribution in [0.2, 0.25) is 0 Å². The molecule has 0 N–H and O–H groups in total. The van der Waals surface area contributed by atoms with Crippen molar-refractivity contribution in [2.75, 3.05) is 13.7 Å². The molecule has 20 heavy (non-hydrogen) atoms. The minimum atomic E-state index is -0.397. The molecule has 0 saturated carbocycles. The van der Waals surface area contributed by atoms with Gasteiger partial charge in [0.15, 0.2) is 5.82 Å². The van der Waals surface area contributed by atoms with E-state index < -0.39 is 5.97 Å². The summed E-state index contributed by atoms with van der Waals surface area (Å²) in [6.45, 7) is 3.86. The summed E-state index contributed by atoms with van der Waals surface area (Å²) in [5.41, 5.74) is 1.86. The summed E-state index contributed by atoms with van der Waals surface area (Å²) in [5.74, 6) is 0.943. The summed E-state index contributed by atoms with van der Waals surface area (Å²) >= 11 is 0. The lowest BCUT2D eigenvalue weighted by Gasteiger charge is -2.07. The Bertz CT molecular complexity index is 609. The monoisotopic (exact) mass is 272 g/mol. The maximum absolute atomic E-state index is 11.7. The topological polar surface area (TPSA) is 61.3 Å². The molecular weight excluding hydrogens is 256 g/mol. The van der Waals surface area contributed by atoms with Crippen molar-refractivity contribution in [2.24, 2.45) is 0 Å². The van der Waals surface area contributed by atoms with E-state index in [-0.39, 0.29) is 0 Å². The van der Waals surface area contributed by atoms with Gasteiger partial charge in [0.2, 0.25) is 0 Å². The van der Waals surface area contributed by atoms with Crippen LogP contribution in [-0.2, 0) is 4.74 Å². The third-order valence-corrected chi connectivity index (χ3v) is 2.82. The third kappa shape index (κ3) is 2.93. The van der Waals surface area contributed by atoms with Crippen LogP contribution in [0.3, 0.4) is 0 Å². The molecule has 1 aromatic carbocycles. The van der Waals surface area contributed by atoms with Crippen LogP contribution in [0.1, 0.15) is 23.0 Å². The van der Waals surface area contributed by atoms with Gasteiger partial charge in [0.25, 0.3) is 0 Å². The zero-order chi connectivity index (χ0) is 14.5. The maximum Gasteiger partial charge on any atom is 0.341 e. The molecule has 0 fully saturated rings. The lowest BCUT2D eigenvalue weighted by molar-refractivity contribution is 0.0524. The van der Waals surface area contributed by atoms with Crippen LogP contribution < -0.4 is 4.74 Å². The quantitative estimate of drug-likeness (QED) is 0.801. The highest BCUT2D eigenvalue weighted by atomic mass is 16.5. The molecule has 0 saturated heterocycles. The van der Waals surface area contributed by atoms with E-state index in [0.717, 1.165) is 11.3 Å².